The van der Waals surface area contributed by atoms with Gasteiger partial charge in [-0.3, -0.25) is 0 Å². The zero-order chi connectivity index (χ0) is 35.9. The molecule has 0 bridgehead atoms. The fraction of sp³-hybridized carbons (Fsp3) is 0.192. The molecular weight excluding hydrogens is 663 g/mol. The van der Waals surface area contributed by atoms with Crippen LogP contribution in [0.2, 0.25) is 0 Å². The third-order valence-electron chi connectivity index (χ3n) is 14.7. The molecule has 6 aliphatic rings. The Morgan fingerprint density at radius 1 is 0.364 bits per heavy atom. The first-order valence-corrected chi connectivity index (χ1v) is 20.7. The average Bonchev–Trinajstić information content (AvgIpc) is 4.05. The van der Waals surface area contributed by atoms with E-state index in [1.54, 1.807) is 11.1 Å². The second kappa shape index (κ2) is 10.9. The summed E-state index contributed by atoms with van der Waals surface area (Å²) in [7, 11) is 0. The maximum Gasteiger partial charge on any atom is 0.252 e. The van der Waals surface area contributed by atoms with Crippen molar-refractivity contribution in [3.63, 3.8) is 0 Å². The summed E-state index contributed by atoms with van der Waals surface area (Å²) in [6.45, 7) is 0.0957. The van der Waals surface area contributed by atoms with Crippen molar-refractivity contribution in [2.24, 2.45) is 0 Å². The van der Waals surface area contributed by atoms with Crippen molar-refractivity contribution in [1.29, 1.82) is 0 Å². The minimum Gasteiger partial charge on any atom is -0.311 e. The summed E-state index contributed by atoms with van der Waals surface area (Å²) in [6.07, 6.45) is 10.1. The Labute approximate surface area is 324 Å². The third-order valence-corrected chi connectivity index (χ3v) is 14.7. The number of para-hydroxylation sites is 2. The number of nitrogens with zero attached hydrogens (tertiary/aromatic N) is 2. The van der Waals surface area contributed by atoms with Crippen LogP contribution in [0.4, 0.5) is 34.1 Å². The van der Waals surface area contributed by atoms with E-state index in [1.165, 1.54) is 135 Å². The van der Waals surface area contributed by atoms with Gasteiger partial charge in [-0.25, -0.2) is 0 Å². The predicted molar refractivity (Wildman–Crippen MR) is 230 cm³/mol. The number of fused-ring (bicyclic) bond motifs is 15. The molecule has 4 aliphatic carbocycles. The van der Waals surface area contributed by atoms with Gasteiger partial charge in [-0.15, -0.1) is 0 Å². The minimum absolute atomic E-state index is 0.0957. The van der Waals surface area contributed by atoms with Crippen LogP contribution in [0, 0.1) is 0 Å². The summed E-state index contributed by atoms with van der Waals surface area (Å²) >= 11 is 0. The highest BCUT2D eigenvalue weighted by Crippen LogP contribution is 2.61. The van der Waals surface area contributed by atoms with Gasteiger partial charge in [-0.05, 0) is 123 Å². The molecule has 2 spiro atoms. The van der Waals surface area contributed by atoms with E-state index in [-0.39, 0.29) is 17.5 Å². The van der Waals surface area contributed by atoms with Gasteiger partial charge in [0.05, 0.1) is 5.69 Å². The summed E-state index contributed by atoms with van der Waals surface area (Å²) in [5.41, 5.74) is 24.2. The second-order valence-corrected chi connectivity index (χ2v) is 17.0. The Balaban J connectivity index is 1.13. The molecule has 0 saturated heterocycles. The molecule has 0 atom stereocenters. The number of hydrogen-bond donors (Lipinski definition) is 0. The third kappa shape index (κ3) is 3.73. The lowest BCUT2D eigenvalue weighted by atomic mass is 9.32. The van der Waals surface area contributed by atoms with Crippen LogP contribution in [0.5, 0.6) is 0 Å². The minimum atomic E-state index is 0.0957. The van der Waals surface area contributed by atoms with Gasteiger partial charge < -0.3 is 9.80 Å². The first kappa shape index (κ1) is 30.5. The highest BCUT2D eigenvalue weighted by Gasteiger charge is 2.52. The van der Waals surface area contributed by atoms with Crippen LogP contribution in [0.25, 0.3) is 22.3 Å². The van der Waals surface area contributed by atoms with Crippen LogP contribution in [0.15, 0.2) is 152 Å². The lowest BCUT2D eigenvalue weighted by molar-refractivity contribution is 0.550. The number of benzene rings is 7. The van der Waals surface area contributed by atoms with Crippen molar-refractivity contribution in [3.05, 3.63) is 174 Å². The standard InChI is InChI=1S/C52H41BN2/c1-2-16-34(17-3-1)54-44-26-15-27-45-49(44)53(50-46(54)29-28-40-48(50)36-19-5-7-21-38(36)52(40)32-12-13-33-52)41-23-8-9-24-42(41)55(45)43-25-14-22-39-47(43)35-18-4-6-20-37(35)51(39)30-10-11-31-51/h1-9,14-29H,10-13,30-33H2. The molecule has 2 aliphatic heterocycles. The van der Waals surface area contributed by atoms with Crippen molar-refractivity contribution in [1.82, 2.24) is 0 Å². The van der Waals surface area contributed by atoms with Gasteiger partial charge in [0.1, 0.15) is 0 Å². The van der Waals surface area contributed by atoms with Crippen LogP contribution in [-0.2, 0) is 10.8 Å². The van der Waals surface area contributed by atoms with E-state index in [1.807, 2.05) is 0 Å². The predicted octanol–water partition coefficient (Wildman–Crippen LogP) is 11.5. The van der Waals surface area contributed by atoms with Gasteiger partial charge in [-0.2, -0.15) is 0 Å². The summed E-state index contributed by atoms with van der Waals surface area (Å²) in [4.78, 5) is 5.23. The van der Waals surface area contributed by atoms with Gasteiger partial charge in [0.15, 0.2) is 0 Å². The SMILES string of the molecule is c1ccc(N2c3cccc4c3B(c3ccccc3N4c3cccc4c3-c3ccccc3C43CCCC3)c3c2ccc2c3-c3ccccc3C23CCCC3)cc1. The number of hydrogen-bond acceptors (Lipinski definition) is 2. The summed E-state index contributed by atoms with van der Waals surface area (Å²) in [5.74, 6) is 0. The molecule has 13 rings (SSSR count). The maximum atomic E-state index is 2.65. The average molecular weight is 705 g/mol. The first-order chi connectivity index (χ1) is 27.3. The summed E-state index contributed by atoms with van der Waals surface area (Å²) in [6, 6.07) is 58.6. The first-order valence-electron chi connectivity index (χ1n) is 20.7. The van der Waals surface area contributed by atoms with E-state index >= 15 is 0 Å². The van der Waals surface area contributed by atoms with Crippen LogP contribution in [0.1, 0.15) is 73.6 Å². The zero-order valence-electron chi connectivity index (χ0n) is 31.1. The molecule has 2 nitrogen and oxygen atoms in total. The van der Waals surface area contributed by atoms with Crippen molar-refractivity contribution < 1.29 is 0 Å². The second-order valence-electron chi connectivity index (χ2n) is 17.0. The molecule has 3 heteroatoms. The monoisotopic (exact) mass is 704 g/mol. The van der Waals surface area contributed by atoms with Gasteiger partial charge in [0, 0.05) is 44.8 Å². The van der Waals surface area contributed by atoms with Gasteiger partial charge in [0.2, 0.25) is 0 Å². The van der Waals surface area contributed by atoms with E-state index in [9.17, 15) is 0 Å². The molecule has 0 unspecified atom stereocenters. The Morgan fingerprint density at radius 2 is 0.873 bits per heavy atom. The molecule has 0 radical (unpaired) electrons. The maximum absolute atomic E-state index is 2.65. The molecular formula is C52H41BN2. The van der Waals surface area contributed by atoms with Crippen molar-refractivity contribution >= 4 is 57.2 Å². The van der Waals surface area contributed by atoms with Gasteiger partial charge in [0.25, 0.3) is 6.71 Å². The Kier molecular flexibility index (Phi) is 6.06. The zero-order valence-corrected chi connectivity index (χ0v) is 31.1. The number of anilines is 6. The van der Waals surface area contributed by atoms with E-state index < -0.39 is 0 Å². The van der Waals surface area contributed by atoms with Gasteiger partial charge >= 0.3 is 0 Å². The van der Waals surface area contributed by atoms with E-state index in [4.69, 9.17) is 0 Å². The Hall–Kier alpha value is -5.80. The molecule has 0 aromatic heterocycles. The number of rotatable bonds is 2. The molecule has 7 aromatic rings. The summed E-state index contributed by atoms with van der Waals surface area (Å²) < 4.78 is 0. The smallest absolute Gasteiger partial charge is 0.252 e. The molecule has 0 N–H and O–H groups in total. The van der Waals surface area contributed by atoms with E-state index in [0.717, 1.165) is 0 Å². The topological polar surface area (TPSA) is 6.48 Å². The largest absolute Gasteiger partial charge is 0.311 e. The highest BCUT2D eigenvalue weighted by molar-refractivity contribution is 7.01. The quantitative estimate of drug-likeness (QED) is 0.165. The van der Waals surface area contributed by atoms with E-state index in [2.05, 4.69) is 161 Å². The lowest BCUT2D eigenvalue weighted by Crippen LogP contribution is -2.62. The molecule has 0 amide bonds. The van der Waals surface area contributed by atoms with Crippen molar-refractivity contribution in [3.8, 4) is 22.3 Å². The van der Waals surface area contributed by atoms with Crippen molar-refractivity contribution in [2.45, 2.75) is 62.2 Å². The van der Waals surface area contributed by atoms with E-state index in [0.29, 0.717) is 0 Å². The highest BCUT2D eigenvalue weighted by atomic mass is 15.2. The lowest BCUT2D eigenvalue weighted by Gasteiger charge is -2.45. The van der Waals surface area contributed by atoms with Gasteiger partial charge in [-0.1, -0.05) is 135 Å². The Morgan fingerprint density at radius 3 is 1.60 bits per heavy atom. The van der Waals surface area contributed by atoms with Crippen LogP contribution < -0.4 is 26.2 Å². The Bertz CT molecular complexity index is 2750. The fourth-order valence-corrected chi connectivity index (χ4v) is 12.7. The summed E-state index contributed by atoms with van der Waals surface area (Å²) in [5, 5.41) is 0. The van der Waals surface area contributed by atoms with Crippen LogP contribution >= 0.6 is 0 Å². The molecule has 2 fully saturated rings. The molecule has 55 heavy (non-hydrogen) atoms. The molecule has 262 valence electrons. The molecule has 7 aromatic carbocycles. The molecule has 2 heterocycles. The fourth-order valence-electron chi connectivity index (χ4n) is 12.7. The normalized spacial score (nSPS) is 18.1. The van der Waals surface area contributed by atoms with Crippen LogP contribution in [-0.4, -0.2) is 6.71 Å². The molecule has 2 saturated carbocycles. The van der Waals surface area contributed by atoms with Crippen molar-refractivity contribution in [2.75, 3.05) is 9.80 Å². The van der Waals surface area contributed by atoms with Crippen LogP contribution in [0.3, 0.4) is 0 Å².